The molecule has 0 saturated carbocycles. The Morgan fingerprint density at radius 3 is 0.714 bits per heavy atom. The molecule has 0 radical (unpaired) electrons. The van der Waals surface area contributed by atoms with Crippen LogP contribution in [0.3, 0.4) is 0 Å². The number of hydrogen-bond donors (Lipinski definition) is 29. The zero-order valence-electron chi connectivity index (χ0n) is 66.7. The van der Waals surface area contributed by atoms with E-state index in [9.17, 15) is 241 Å². The van der Waals surface area contributed by atoms with Crippen molar-refractivity contribution in [2.24, 2.45) is 0 Å². The van der Waals surface area contributed by atoms with Crippen LogP contribution in [0.5, 0.6) is 0 Å². The Kier molecular flexibility index (Phi) is 39.1. The largest absolute Gasteiger partial charge is 0.479 e. The number of carbonyl (C=O) groups is 4. The second kappa shape index (κ2) is 45.6. The van der Waals surface area contributed by atoms with Crippen LogP contribution in [0.4, 0.5) is 0 Å². The molecule has 0 bridgehead atoms. The van der Waals surface area contributed by atoms with Crippen molar-refractivity contribution in [1.82, 2.24) is 18.9 Å². The van der Waals surface area contributed by atoms with Crippen molar-refractivity contribution < 1.29 is 346 Å². The molecule has 8 aliphatic rings. The van der Waals surface area contributed by atoms with E-state index in [-0.39, 0.29) is 6.08 Å². The average molecular weight is 2310 g/mol. The molecule has 29 N–H and O–H groups in total. The standard InChI is InChI=1S/C48H76N4O76S12/c53-6-1-7(37(61)62)111-45(23(6)125-137(94,95)96)115-25-9(3-107-134(85,86)87)112-42(13(17(25)55)50-130(73,74)75)119-29-21(59)32(127-139(100,101)102)47(123-35(29)39(65)66)117-27-11(5-109-136(91,92)93)114-44(15(19(27)57)52-132(79,80)81)121-30-22(60)33(128-140(103,104)105)48(124-36(30)40(67)68)118-26-10(4-108-135(88,89)90)113-43(14(18(26)56)51-131(76,77)78)120-28-20(58)31(126-138(97,98)99)46(122-34(28)38(63)64)116-24-8(2-106-133(82,83)84)110-41(69)12(16(24)54)49-129(70,71)72/h1,6,8-36,41-60,69H,2-5H2,(H,61,62)(H,63,64)(H,65,66)(H,67,68)(H,70,71,72)(H,73,74,75)(H,76,77,78)(H,79,80,81)(H,82,83,84)(H,85,86,87)(H,88,89,90)(H,91,92,93)(H,94,95,96)(H,97,98,99)(H,100,101,102)(H,103,104,105). The Balaban J connectivity index is 1.15. The number of hydrogen-bond acceptors (Lipinski definition) is 60. The maximum absolute atomic E-state index is 13.5. The molecule has 7 fully saturated rings. The third-order valence-electron chi connectivity index (χ3n) is 19.0. The van der Waals surface area contributed by atoms with E-state index in [4.69, 9.17) is 71.1 Å². The second-order valence-corrected chi connectivity index (χ2v) is 42.0. The highest BCUT2D eigenvalue weighted by Crippen LogP contribution is 2.42. The van der Waals surface area contributed by atoms with Crippen LogP contribution in [0.25, 0.3) is 0 Å². The van der Waals surface area contributed by atoms with Crippen LogP contribution in [0.2, 0.25) is 0 Å². The van der Waals surface area contributed by atoms with Crippen LogP contribution in [0, 0.1) is 0 Å². The van der Waals surface area contributed by atoms with Crippen molar-refractivity contribution in [3.63, 3.8) is 0 Å². The lowest BCUT2D eigenvalue weighted by Crippen LogP contribution is -2.71. The summed E-state index contributed by atoms with van der Waals surface area (Å²) in [6.07, 6.45) is -109. The molecule has 8 aliphatic heterocycles. The van der Waals surface area contributed by atoms with Crippen LogP contribution >= 0.6 is 0 Å². The first-order valence-corrected chi connectivity index (χ1v) is 52.7. The van der Waals surface area contributed by atoms with Gasteiger partial charge >= 0.3 is 148 Å². The van der Waals surface area contributed by atoms with Crippen LogP contribution < -0.4 is 18.9 Å². The monoisotopic (exact) mass is 2310 g/mol. The van der Waals surface area contributed by atoms with E-state index in [1.54, 1.807) is 0 Å². The van der Waals surface area contributed by atoms with Gasteiger partial charge in [-0.3, -0.25) is 54.6 Å². The first-order valence-electron chi connectivity index (χ1n) is 36.0. The van der Waals surface area contributed by atoms with Crippen molar-refractivity contribution >= 4 is 148 Å². The summed E-state index contributed by atoms with van der Waals surface area (Å²) >= 11 is 0. The number of carboxylic acid groups (broad SMARTS) is 4. The van der Waals surface area contributed by atoms with Crippen molar-refractivity contribution in [1.29, 1.82) is 0 Å². The van der Waals surface area contributed by atoms with Gasteiger partial charge < -0.3 is 137 Å². The van der Waals surface area contributed by atoms with Crippen LogP contribution in [0.1, 0.15) is 0 Å². The topological polar surface area (TPSA) is 1240 Å². The number of aliphatic hydroxyl groups is 9. The zero-order valence-corrected chi connectivity index (χ0v) is 76.5. The SMILES string of the molecule is O=C(O)C1=CC(O)C(OS(=O)(=O)O)C(OC2C(COS(=O)(=O)O)OC(OC3C(C(=O)O)OC(OC4C(COS(=O)(=O)O)OC(OC5C(C(=O)O)OC(OC6C(COS(=O)(=O)O)OC(OC7C(C(=O)O)OC(OC8C(COS(=O)(=O)O)OC(O)C(NS(=O)(=O)O)C8O)C(OS(=O)(=O)O)C7O)C(NS(=O)(=O)O)C6O)C(OS(=O)(=O)O)C5O)C(NS(=O)(=O)O)C4O)C(OS(=O)(=O)O)C3O)C(NS(=O)(=O)O)C2O)O1. The molecule has 0 aromatic heterocycles. The highest BCUT2D eigenvalue weighted by atomic mass is 32.3. The van der Waals surface area contributed by atoms with E-state index < -0.39 is 414 Å². The Bertz CT molecular complexity index is 5920. The third kappa shape index (κ3) is 34.5. The summed E-state index contributed by atoms with van der Waals surface area (Å²) in [6, 6.07) is -12.4. The molecule has 80 nitrogen and oxygen atoms in total. The van der Waals surface area contributed by atoms with Gasteiger partial charge in [-0.2, -0.15) is 120 Å². The van der Waals surface area contributed by atoms with E-state index in [1.807, 2.05) is 0 Å². The zero-order chi connectivity index (χ0) is 106. The maximum Gasteiger partial charge on any atom is 0.397 e. The summed E-state index contributed by atoms with van der Waals surface area (Å²) < 4.78 is 531. The van der Waals surface area contributed by atoms with Gasteiger partial charge in [-0.25, -0.2) is 52.6 Å². The number of aliphatic carboxylic acids is 4. The molecule has 8 heterocycles. The van der Waals surface area contributed by atoms with E-state index in [0.717, 1.165) is 18.9 Å². The first-order chi connectivity index (χ1) is 63.4. The number of aliphatic hydroxyl groups excluding tert-OH is 9. The molecule has 38 unspecified atom stereocenters. The number of nitrogens with one attached hydrogen (secondary N) is 4. The molecule has 0 aliphatic carbocycles. The van der Waals surface area contributed by atoms with Gasteiger partial charge in [0.25, 0.3) is 0 Å². The minimum Gasteiger partial charge on any atom is -0.479 e. The summed E-state index contributed by atoms with van der Waals surface area (Å²) in [5.74, 6) is -11.7. The summed E-state index contributed by atoms with van der Waals surface area (Å²) in [5.41, 5.74) is 0. The van der Waals surface area contributed by atoms with Crippen molar-refractivity contribution in [3.8, 4) is 0 Å². The van der Waals surface area contributed by atoms with Crippen LogP contribution in [-0.4, -0.2) is 506 Å². The molecule has 816 valence electrons. The van der Waals surface area contributed by atoms with Gasteiger partial charge in [-0.05, 0) is 6.08 Å². The summed E-state index contributed by atoms with van der Waals surface area (Å²) in [5, 5.41) is 146. The number of rotatable bonds is 46. The van der Waals surface area contributed by atoms with Gasteiger partial charge in [-0.15, -0.1) is 0 Å². The molecule has 0 spiro atoms. The predicted octanol–water partition coefficient (Wildman–Crippen LogP) is -20.7. The fourth-order valence-electron chi connectivity index (χ4n) is 13.8. The van der Waals surface area contributed by atoms with Gasteiger partial charge in [0.15, 0.2) is 86.8 Å². The minimum absolute atomic E-state index is 0.159. The van der Waals surface area contributed by atoms with E-state index >= 15 is 0 Å². The average Bonchev–Trinajstić information content (AvgIpc) is 0.753. The van der Waals surface area contributed by atoms with Crippen molar-refractivity contribution in [2.45, 2.75) is 233 Å². The molecule has 0 aromatic rings. The first kappa shape index (κ1) is 120. The van der Waals surface area contributed by atoms with E-state index in [0.29, 0.717) is 0 Å². The molecule has 140 heavy (non-hydrogen) atoms. The molecular formula is C48H76N4O76S12. The van der Waals surface area contributed by atoms with Gasteiger partial charge in [0.1, 0.15) is 140 Å². The molecular weight excluding hydrogens is 2230 g/mol. The third-order valence-corrected chi connectivity index (χ3v) is 24.9. The number of ether oxygens (including phenoxy) is 15. The Morgan fingerprint density at radius 1 is 0.264 bits per heavy atom. The Labute approximate surface area is 780 Å². The fraction of sp³-hybridized carbons (Fsp3) is 0.875. The maximum atomic E-state index is 13.5. The highest BCUT2D eigenvalue weighted by Gasteiger charge is 2.65. The van der Waals surface area contributed by atoms with Gasteiger partial charge in [-0.1, -0.05) is 0 Å². The minimum atomic E-state index is -6.52. The fourth-order valence-corrected chi connectivity index (χ4v) is 19.4. The molecule has 92 heteroatoms. The van der Waals surface area contributed by atoms with Crippen molar-refractivity contribution in [3.05, 3.63) is 11.8 Å². The van der Waals surface area contributed by atoms with Crippen molar-refractivity contribution in [2.75, 3.05) is 26.4 Å². The van der Waals surface area contributed by atoms with E-state index in [2.05, 4.69) is 33.5 Å². The van der Waals surface area contributed by atoms with Gasteiger partial charge in [0.05, 0.1) is 26.4 Å². The summed E-state index contributed by atoms with van der Waals surface area (Å²) in [7, 11) is -73.1. The lowest BCUT2D eigenvalue weighted by atomic mass is 9.94. The normalized spacial score (nSPS) is 38.5. The Hall–Kier alpha value is -5.06. The quantitative estimate of drug-likeness (QED) is 0.0252. The summed E-state index contributed by atoms with van der Waals surface area (Å²) in [4.78, 5) is 51.9. The second-order valence-electron chi connectivity index (χ2n) is 28.7. The van der Waals surface area contributed by atoms with Gasteiger partial charge in [0.2, 0.25) is 12.0 Å². The highest BCUT2D eigenvalue weighted by molar-refractivity contribution is 7.85. The van der Waals surface area contributed by atoms with Gasteiger partial charge in [0, 0.05) is 0 Å². The lowest BCUT2D eigenvalue weighted by Gasteiger charge is -2.50. The van der Waals surface area contributed by atoms with E-state index in [1.165, 1.54) is 0 Å². The van der Waals surface area contributed by atoms with Crippen LogP contribution in [0.15, 0.2) is 11.8 Å². The van der Waals surface area contributed by atoms with Crippen LogP contribution in [-0.2, 0) is 248 Å². The lowest BCUT2D eigenvalue weighted by molar-refractivity contribution is -0.378. The molecule has 0 aromatic carbocycles. The molecule has 0 amide bonds. The Morgan fingerprint density at radius 2 is 0.486 bits per heavy atom. The smallest absolute Gasteiger partial charge is 0.397 e. The number of carboxylic acids is 4. The summed E-state index contributed by atoms with van der Waals surface area (Å²) in [6.45, 7) is -7.95. The molecule has 7 saturated heterocycles. The molecule has 8 rings (SSSR count). The predicted molar refractivity (Wildman–Crippen MR) is 398 cm³/mol. The molecule has 38 atom stereocenters.